The first-order valence-electron chi connectivity index (χ1n) is 7.53. The lowest BCUT2D eigenvalue weighted by molar-refractivity contribution is 0.270. The van der Waals surface area contributed by atoms with E-state index < -0.39 is 0 Å². The number of aryl methyl sites for hydroxylation is 1. The summed E-state index contributed by atoms with van der Waals surface area (Å²) in [4.78, 5) is 10.4. The number of rotatable bonds is 7. The number of aromatic nitrogens is 2. The van der Waals surface area contributed by atoms with Crippen molar-refractivity contribution >= 4 is 11.0 Å². The molecule has 0 radical (unpaired) electrons. The zero-order valence-electron chi connectivity index (χ0n) is 13.0. The fraction of sp³-hybridized carbons (Fsp3) is 0.562. The normalized spacial score (nSPS) is 13.2. The molecule has 0 amide bonds. The minimum Gasteiger partial charge on any atom is -0.341 e. The van der Waals surface area contributed by atoms with E-state index in [4.69, 9.17) is 0 Å². The Bertz CT molecular complexity index is 542. The third-order valence-corrected chi connectivity index (χ3v) is 3.73. The molecule has 2 N–H and O–H groups in total. The van der Waals surface area contributed by atoms with Gasteiger partial charge in [-0.1, -0.05) is 19.9 Å². The van der Waals surface area contributed by atoms with Crippen molar-refractivity contribution in [3.8, 4) is 0 Å². The van der Waals surface area contributed by atoms with Gasteiger partial charge in [0.05, 0.1) is 17.6 Å². The Kier molecular flexibility index (Phi) is 5.15. The number of hydrogen-bond donors (Lipinski definition) is 2. The molecule has 0 aliphatic heterocycles. The topological polar surface area (TPSA) is 44.0 Å². The van der Waals surface area contributed by atoms with Gasteiger partial charge in [-0.2, -0.15) is 0 Å². The second kappa shape index (κ2) is 6.86. The van der Waals surface area contributed by atoms with Crippen LogP contribution in [0, 0.1) is 6.92 Å². The predicted octanol–water partition coefficient (Wildman–Crippen LogP) is 2.69. The molecule has 4 nitrogen and oxygen atoms in total. The third kappa shape index (κ3) is 3.81. The molecule has 1 atom stereocenters. The molecule has 2 rings (SSSR count). The van der Waals surface area contributed by atoms with Gasteiger partial charge in [-0.15, -0.1) is 0 Å². The van der Waals surface area contributed by atoms with Gasteiger partial charge in [0.2, 0.25) is 0 Å². The molecule has 0 aliphatic rings. The summed E-state index contributed by atoms with van der Waals surface area (Å²) in [6.07, 6.45) is 0. The minimum atomic E-state index is 0.463. The summed E-state index contributed by atoms with van der Waals surface area (Å²) in [6, 6.07) is 6.78. The number of nitrogens with zero attached hydrogens (tertiary/aromatic N) is 2. The van der Waals surface area contributed by atoms with Gasteiger partial charge in [0, 0.05) is 12.6 Å². The number of imidazole rings is 1. The summed E-state index contributed by atoms with van der Waals surface area (Å²) in [5.74, 6) is 1.01. The molecular weight excluding hydrogens is 248 g/mol. The zero-order chi connectivity index (χ0) is 14.5. The van der Waals surface area contributed by atoms with Crippen molar-refractivity contribution in [2.75, 3.05) is 19.6 Å². The van der Waals surface area contributed by atoms with Crippen LogP contribution in [0.2, 0.25) is 0 Å². The van der Waals surface area contributed by atoms with Crippen molar-refractivity contribution in [3.63, 3.8) is 0 Å². The molecule has 0 fully saturated rings. The molecule has 0 saturated carbocycles. The summed E-state index contributed by atoms with van der Waals surface area (Å²) in [7, 11) is 0. The van der Waals surface area contributed by atoms with E-state index in [1.807, 2.05) is 0 Å². The van der Waals surface area contributed by atoms with Crippen LogP contribution in [0.3, 0.4) is 0 Å². The van der Waals surface area contributed by atoms with E-state index in [1.54, 1.807) is 0 Å². The van der Waals surface area contributed by atoms with E-state index in [9.17, 15) is 0 Å². The third-order valence-electron chi connectivity index (χ3n) is 3.73. The molecule has 0 aliphatic carbocycles. The van der Waals surface area contributed by atoms with E-state index in [0.29, 0.717) is 6.04 Å². The van der Waals surface area contributed by atoms with Gasteiger partial charge in [0.15, 0.2) is 0 Å². The van der Waals surface area contributed by atoms with Crippen LogP contribution >= 0.6 is 0 Å². The Morgan fingerprint density at radius 3 is 2.75 bits per heavy atom. The number of hydrogen-bond acceptors (Lipinski definition) is 3. The number of aromatic amines is 1. The molecule has 1 aromatic carbocycles. The first-order valence-corrected chi connectivity index (χ1v) is 7.53. The summed E-state index contributed by atoms with van der Waals surface area (Å²) in [6.45, 7) is 12.8. The molecule has 0 saturated heterocycles. The fourth-order valence-electron chi connectivity index (χ4n) is 2.46. The molecule has 0 bridgehead atoms. The van der Waals surface area contributed by atoms with Gasteiger partial charge in [0.1, 0.15) is 5.82 Å². The van der Waals surface area contributed by atoms with Gasteiger partial charge in [-0.3, -0.25) is 0 Å². The van der Waals surface area contributed by atoms with Crippen LogP contribution in [0.4, 0.5) is 0 Å². The quantitative estimate of drug-likeness (QED) is 0.816. The summed E-state index contributed by atoms with van der Waals surface area (Å²) in [5, 5.41) is 3.54. The lowest BCUT2D eigenvalue weighted by atomic mass is 10.2. The average Bonchev–Trinajstić information content (AvgIpc) is 2.84. The van der Waals surface area contributed by atoms with Crippen LogP contribution < -0.4 is 5.32 Å². The van der Waals surface area contributed by atoms with E-state index in [2.05, 4.69) is 66.1 Å². The van der Waals surface area contributed by atoms with E-state index in [1.165, 1.54) is 5.56 Å². The Morgan fingerprint density at radius 2 is 2.05 bits per heavy atom. The van der Waals surface area contributed by atoms with E-state index in [0.717, 1.165) is 43.0 Å². The van der Waals surface area contributed by atoms with Gasteiger partial charge in [-0.25, -0.2) is 4.98 Å². The van der Waals surface area contributed by atoms with Crippen molar-refractivity contribution in [2.24, 2.45) is 0 Å². The molecule has 110 valence electrons. The van der Waals surface area contributed by atoms with Crippen LogP contribution in [-0.2, 0) is 6.54 Å². The van der Waals surface area contributed by atoms with Crippen LogP contribution in [0.1, 0.15) is 32.2 Å². The number of fused-ring (bicyclic) bond motifs is 1. The lowest BCUT2D eigenvalue weighted by Gasteiger charge is -2.23. The largest absolute Gasteiger partial charge is 0.341 e. The van der Waals surface area contributed by atoms with Crippen LogP contribution in [0.15, 0.2) is 18.2 Å². The van der Waals surface area contributed by atoms with E-state index >= 15 is 0 Å². The maximum absolute atomic E-state index is 4.61. The predicted molar refractivity (Wildman–Crippen MR) is 84.9 cm³/mol. The highest BCUT2D eigenvalue weighted by atomic mass is 15.1. The summed E-state index contributed by atoms with van der Waals surface area (Å²) in [5.41, 5.74) is 3.43. The molecule has 1 aromatic heterocycles. The highest BCUT2D eigenvalue weighted by Gasteiger charge is 2.08. The van der Waals surface area contributed by atoms with Gasteiger partial charge in [-0.05, 0) is 44.6 Å². The van der Waals surface area contributed by atoms with Crippen LogP contribution in [0.25, 0.3) is 11.0 Å². The molecular formula is C16H26N4. The molecule has 1 heterocycles. The van der Waals surface area contributed by atoms with E-state index in [-0.39, 0.29) is 0 Å². The first-order chi connectivity index (χ1) is 9.62. The van der Waals surface area contributed by atoms with Crippen LogP contribution in [0.5, 0.6) is 0 Å². The zero-order valence-corrected chi connectivity index (χ0v) is 13.0. The molecule has 1 unspecified atom stereocenters. The average molecular weight is 274 g/mol. The van der Waals surface area contributed by atoms with Crippen LogP contribution in [-0.4, -0.2) is 40.5 Å². The van der Waals surface area contributed by atoms with Gasteiger partial charge in [0.25, 0.3) is 0 Å². The minimum absolute atomic E-state index is 0.463. The Hall–Kier alpha value is -1.39. The van der Waals surface area contributed by atoms with Gasteiger partial charge >= 0.3 is 0 Å². The molecule has 20 heavy (non-hydrogen) atoms. The summed E-state index contributed by atoms with van der Waals surface area (Å²) < 4.78 is 0. The number of benzene rings is 1. The Morgan fingerprint density at radius 1 is 1.30 bits per heavy atom. The standard InChI is InChI=1S/C16H26N4/c1-5-20(6-2)11-13(4)17-10-16-18-14-8-7-12(3)9-15(14)19-16/h7-9,13,17H,5-6,10-11H2,1-4H3,(H,18,19). The van der Waals surface area contributed by atoms with Crippen molar-refractivity contribution in [2.45, 2.75) is 40.3 Å². The van der Waals surface area contributed by atoms with Crippen molar-refractivity contribution in [1.29, 1.82) is 0 Å². The number of nitrogens with one attached hydrogen (secondary N) is 2. The first kappa shape index (κ1) is 15.0. The lowest BCUT2D eigenvalue weighted by Crippen LogP contribution is -2.38. The Balaban J connectivity index is 1.92. The van der Waals surface area contributed by atoms with Crippen molar-refractivity contribution in [3.05, 3.63) is 29.6 Å². The van der Waals surface area contributed by atoms with Gasteiger partial charge < -0.3 is 15.2 Å². The molecule has 0 spiro atoms. The monoisotopic (exact) mass is 274 g/mol. The van der Waals surface area contributed by atoms with Crippen molar-refractivity contribution < 1.29 is 0 Å². The SMILES string of the molecule is CCN(CC)CC(C)NCc1nc2ccc(C)cc2[nH]1. The highest BCUT2D eigenvalue weighted by Crippen LogP contribution is 2.13. The summed E-state index contributed by atoms with van der Waals surface area (Å²) >= 11 is 0. The highest BCUT2D eigenvalue weighted by molar-refractivity contribution is 5.75. The second-order valence-electron chi connectivity index (χ2n) is 5.47. The number of likely N-dealkylation sites (N-methyl/N-ethyl adjacent to an activating group) is 1. The molecule has 2 aromatic rings. The smallest absolute Gasteiger partial charge is 0.121 e. The van der Waals surface area contributed by atoms with Crippen molar-refractivity contribution in [1.82, 2.24) is 20.2 Å². The maximum atomic E-state index is 4.61. The fourth-order valence-corrected chi connectivity index (χ4v) is 2.46. The Labute approximate surface area is 121 Å². The maximum Gasteiger partial charge on any atom is 0.121 e. The molecule has 4 heteroatoms. The second-order valence-corrected chi connectivity index (χ2v) is 5.47. The number of H-pyrrole nitrogens is 1.